The number of aliphatic imine (C=N–C) groups is 1. The molecule has 8 nitrogen and oxygen atoms in total. The normalized spacial score (nSPS) is 11.2. The lowest BCUT2D eigenvalue weighted by Gasteiger charge is -2.10. The summed E-state index contributed by atoms with van der Waals surface area (Å²) in [7, 11) is 1.66. The Labute approximate surface area is 193 Å². The second-order valence-corrected chi connectivity index (χ2v) is 6.35. The van der Waals surface area contributed by atoms with E-state index in [2.05, 4.69) is 25.8 Å². The van der Waals surface area contributed by atoms with Crippen LogP contribution < -0.4 is 10.6 Å². The van der Waals surface area contributed by atoms with Crippen molar-refractivity contribution in [1.29, 1.82) is 0 Å². The van der Waals surface area contributed by atoms with Gasteiger partial charge in [0.15, 0.2) is 5.96 Å². The summed E-state index contributed by atoms with van der Waals surface area (Å²) in [6.45, 7) is 6.02. The predicted octanol–water partition coefficient (Wildman–Crippen LogP) is 3.16. The van der Waals surface area contributed by atoms with E-state index in [1.165, 1.54) is 0 Å². The Hall–Kier alpha value is -1.43. The van der Waals surface area contributed by atoms with Gasteiger partial charge in [0.1, 0.15) is 0 Å². The van der Waals surface area contributed by atoms with E-state index in [9.17, 15) is 0 Å². The summed E-state index contributed by atoms with van der Waals surface area (Å²) >= 11 is 6.00. The fraction of sp³-hybridized carbons (Fsp3) is 0.526. The summed E-state index contributed by atoms with van der Waals surface area (Å²) in [5.41, 5.74) is 0.832. The van der Waals surface area contributed by atoms with Crippen molar-refractivity contribution < 1.29 is 14.0 Å². The molecule has 0 radical (unpaired) electrons. The monoisotopic (exact) mass is 537 g/mol. The summed E-state index contributed by atoms with van der Waals surface area (Å²) < 4.78 is 15.7. The molecule has 0 aliphatic heterocycles. The van der Waals surface area contributed by atoms with Crippen molar-refractivity contribution in [2.24, 2.45) is 4.99 Å². The van der Waals surface area contributed by atoms with Crippen LogP contribution in [0.2, 0.25) is 5.02 Å². The number of halogens is 2. The van der Waals surface area contributed by atoms with Gasteiger partial charge < -0.3 is 24.6 Å². The molecule has 10 heteroatoms. The number of hydrogen-bond acceptors (Lipinski definition) is 6. The van der Waals surface area contributed by atoms with E-state index >= 15 is 0 Å². The van der Waals surface area contributed by atoms with Crippen LogP contribution >= 0.6 is 35.6 Å². The summed E-state index contributed by atoms with van der Waals surface area (Å²) in [5.74, 6) is 1.85. The molecule has 29 heavy (non-hydrogen) atoms. The van der Waals surface area contributed by atoms with Crippen molar-refractivity contribution in [3.05, 3.63) is 35.2 Å². The van der Waals surface area contributed by atoms with Crippen molar-refractivity contribution in [1.82, 2.24) is 20.8 Å². The highest BCUT2D eigenvalue weighted by Gasteiger charge is 2.09. The Morgan fingerprint density at radius 2 is 2.10 bits per heavy atom. The van der Waals surface area contributed by atoms with Crippen molar-refractivity contribution in [2.75, 3.05) is 46.6 Å². The Morgan fingerprint density at radius 1 is 1.24 bits per heavy atom. The molecule has 0 spiro atoms. The van der Waals surface area contributed by atoms with Crippen LogP contribution in [0.5, 0.6) is 0 Å². The van der Waals surface area contributed by atoms with Gasteiger partial charge in [0.2, 0.25) is 11.7 Å². The first kappa shape index (κ1) is 25.6. The number of aromatic nitrogens is 2. The number of rotatable bonds is 12. The van der Waals surface area contributed by atoms with Gasteiger partial charge >= 0.3 is 0 Å². The van der Waals surface area contributed by atoms with Gasteiger partial charge in [0.05, 0.1) is 13.2 Å². The molecule has 1 aromatic heterocycles. The third-order valence-electron chi connectivity index (χ3n) is 3.67. The molecule has 0 bridgehead atoms. The highest BCUT2D eigenvalue weighted by atomic mass is 127. The fourth-order valence-corrected chi connectivity index (χ4v) is 2.52. The van der Waals surface area contributed by atoms with Crippen LogP contribution in [0.1, 0.15) is 19.2 Å². The number of methoxy groups -OCH3 is 1. The number of ether oxygens (including phenoxy) is 2. The second kappa shape index (κ2) is 15.4. The van der Waals surface area contributed by atoms with Gasteiger partial charge in [0, 0.05) is 50.4 Å². The SMILES string of the molecule is CCNC(=NCCCOCCOC)NCCc1nc(-c2cccc(Cl)c2)no1.I. The molecule has 162 valence electrons. The number of nitrogens with one attached hydrogen (secondary N) is 2. The lowest BCUT2D eigenvalue weighted by Crippen LogP contribution is -2.38. The van der Waals surface area contributed by atoms with Crippen LogP contribution in [0.3, 0.4) is 0 Å². The maximum atomic E-state index is 6.00. The Morgan fingerprint density at radius 3 is 2.86 bits per heavy atom. The van der Waals surface area contributed by atoms with E-state index in [1.807, 2.05) is 31.2 Å². The van der Waals surface area contributed by atoms with Crippen molar-refractivity contribution in [3.8, 4) is 11.4 Å². The molecule has 0 unspecified atom stereocenters. The Bertz CT molecular complexity index is 729. The standard InChI is InChI=1S/C19H28ClN5O3.HI/c1-3-21-19(22-9-5-11-27-13-12-26-2)23-10-8-17-24-18(25-28-17)15-6-4-7-16(20)14-15;/h4,6-7,14H,3,5,8-13H2,1-2H3,(H2,21,22,23);1H. The highest BCUT2D eigenvalue weighted by Crippen LogP contribution is 2.19. The summed E-state index contributed by atoms with van der Waals surface area (Å²) in [6, 6.07) is 7.37. The van der Waals surface area contributed by atoms with Gasteiger partial charge in [0.25, 0.3) is 0 Å². The number of hydrogen-bond donors (Lipinski definition) is 2. The van der Waals surface area contributed by atoms with E-state index in [4.69, 9.17) is 25.6 Å². The molecule has 2 rings (SSSR count). The Kier molecular flexibility index (Phi) is 13.6. The Balaban J connectivity index is 0.00000420. The molecule has 0 fully saturated rings. The molecule has 0 aliphatic rings. The molecule has 2 aromatic rings. The first-order valence-electron chi connectivity index (χ1n) is 9.40. The summed E-state index contributed by atoms with van der Waals surface area (Å²) in [5, 5.41) is 11.1. The van der Waals surface area contributed by atoms with E-state index in [0.717, 1.165) is 24.5 Å². The quantitative estimate of drug-likeness (QED) is 0.186. The average Bonchev–Trinajstić information content (AvgIpc) is 3.16. The maximum absolute atomic E-state index is 6.00. The molecular weight excluding hydrogens is 509 g/mol. The zero-order valence-electron chi connectivity index (χ0n) is 16.8. The smallest absolute Gasteiger partial charge is 0.228 e. The average molecular weight is 538 g/mol. The van der Waals surface area contributed by atoms with Gasteiger partial charge in [-0.15, -0.1) is 24.0 Å². The summed E-state index contributed by atoms with van der Waals surface area (Å²) in [4.78, 5) is 8.94. The van der Waals surface area contributed by atoms with Crippen LogP contribution in [0.15, 0.2) is 33.8 Å². The van der Waals surface area contributed by atoms with Gasteiger partial charge in [-0.25, -0.2) is 0 Å². The van der Waals surface area contributed by atoms with Gasteiger partial charge in [-0.2, -0.15) is 4.98 Å². The van der Waals surface area contributed by atoms with Gasteiger partial charge in [-0.1, -0.05) is 28.9 Å². The van der Waals surface area contributed by atoms with Gasteiger partial charge in [-0.3, -0.25) is 4.99 Å². The fourth-order valence-electron chi connectivity index (χ4n) is 2.33. The molecule has 0 saturated carbocycles. The minimum atomic E-state index is 0. The van der Waals surface area contributed by atoms with E-state index in [1.54, 1.807) is 7.11 Å². The lowest BCUT2D eigenvalue weighted by molar-refractivity contribution is 0.0702. The molecule has 0 atom stereocenters. The van der Waals surface area contributed by atoms with Crippen molar-refractivity contribution in [2.45, 2.75) is 19.8 Å². The minimum absolute atomic E-state index is 0. The first-order valence-corrected chi connectivity index (χ1v) is 9.78. The molecular formula is C19H29ClIN5O3. The molecule has 0 amide bonds. The molecule has 1 heterocycles. The van der Waals surface area contributed by atoms with Crippen LogP contribution in [-0.4, -0.2) is 62.7 Å². The third-order valence-corrected chi connectivity index (χ3v) is 3.91. The highest BCUT2D eigenvalue weighted by molar-refractivity contribution is 14.0. The second-order valence-electron chi connectivity index (χ2n) is 5.92. The topological polar surface area (TPSA) is 93.8 Å². The van der Waals surface area contributed by atoms with Crippen molar-refractivity contribution >= 4 is 41.5 Å². The zero-order valence-corrected chi connectivity index (χ0v) is 19.9. The van der Waals surface area contributed by atoms with Crippen LogP contribution in [-0.2, 0) is 15.9 Å². The third kappa shape index (κ3) is 10.2. The van der Waals surface area contributed by atoms with E-state index < -0.39 is 0 Å². The van der Waals surface area contributed by atoms with Crippen molar-refractivity contribution in [3.63, 3.8) is 0 Å². The maximum Gasteiger partial charge on any atom is 0.228 e. The minimum Gasteiger partial charge on any atom is -0.382 e. The van der Waals surface area contributed by atoms with Crippen LogP contribution in [0.4, 0.5) is 0 Å². The summed E-state index contributed by atoms with van der Waals surface area (Å²) in [6.07, 6.45) is 1.45. The lowest BCUT2D eigenvalue weighted by atomic mass is 10.2. The van der Waals surface area contributed by atoms with E-state index in [0.29, 0.717) is 56.1 Å². The van der Waals surface area contributed by atoms with Crippen LogP contribution in [0.25, 0.3) is 11.4 Å². The largest absolute Gasteiger partial charge is 0.382 e. The number of nitrogens with zero attached hydrogens (tertiary/aromatic N) is 3. The molecule has 2 N–H and O–H groups in total. The zero-order chi connectivity index (χ0) is 20.0. The number of guanidine groups is 1. The molecule has 0 saturated heterocycles. The van der Waals surface area contributed by atoms with E-state index in [-0.39, 0.29) is 24.0 Å². The number of benzene rings is 1. The van der Waals surface area contributed by atoms with Gasteiger partial charge in [-0.05, 0) is 25.5 Å². The predicted molar refractivity (Wildman–Crippen MR) is 125 cm³/mol. The van der Waals surface area contributed by atoms with Crippen LogP contribution in [0, 0.1) is 0 Å². The molecule has 0 aliphatic carbocycles. The molecule has 1 aromatic carbocycles. The first-order chi connectivity index (χ1) is 13.7.